The first-order valence-electron chi connectivity index (χ1n) is 13.9. The Bertz CT molecular complexity index is 858. The van der Waals surface area contributed by atoms with E-state index in [1.807, 2.05) is 30.3 Å². The van der Waals surface area contributed by atoms with Crippen LogP contribution in [0.1, 0.15) is 109 Å². The Labute approximate surface area is 217 Å². The van der Waals surface area contributed by atoms with E-state index in [9.17, 15) is 13.2 Å². The summed E-state index contributed by atoms with van der Waals surface area (Å²) in [7, 11) is -3.96. The predicted octanol–water partition coefficient (Wildman–Crippen LogP) is 6.40. The van der Waals surface area contributed by atoms with E-state index in [-0.39, 0.29) is 18.2 Å². The van der Waals surface area contributed by atoms with Gasteiger partial charge in [-0.05, 0) is 31.2 Å². The number of carbonyl (C=O) groups excluding carboxylic acids is 1. The average molecular weight is 525 g/mol. The van der Waals surface area contributed by atoms with E-state index < -0.39 is 22.6 Å². The molecule has 2 fully saturated rings. The van der Waals surface area contributed by atoms with Gasteiger partial charge in [-0.25, -0.2) is 8.37 Å². The third-order valence-electron chi connectivity index (χ3n) is 7.11. The minimum Gasteiger partial charge on any atom is -0.460 e. The molecular formula is C28H44O7S. The van der Waals surface area contributed by atoms with E-state index in [2.05, 4.69) is 6.92 Å². The molecule has 3 rings (SSSR count). The van der Waals surface area contributed by atoms with Gasteiger partial charge in [-0.2, -0.15) is 8.42 Å². The molecule has 2 saturated heterocycles. The Kier molecular flexibility index (Phi) is 12.7. The molecular weight excluding hydrogens is 480 g/mol. The Balaban J connectivity index is 1.42. The van der Waals surface area contributed by atoms with Gasteiger partial charge < -0.3 is 9.47 Å². The lowest BCUT2D eigenvalue weighted by molar-refractivity contribution is -0.148. The molecule has 0 amide bonds. The molecule has 204 valence electrons. The molecule has 2 aliphatic heterocycles. The summed E-state index contributed by atoms with van der Waals surface area (Å²) in [6, 6.07) is 9.83. The van der Waals surface area contributed by atoms with Crippen LogP contribution < -0.4 is 0 Å². The van der Waals surface area contributed by atoms with Gasteiger partial charge in [-0.1, -0.05) is 101 Å². The van der Waals surface area contributed by atoms with Gasteiger partial charge in [-0.3, -0.25) is 4.79 Å². The third kappa shape index (κ3) is 10.5. The number of hydrogen-bond acceptors (Lipinski definition) is 7. The Hall–Kier alpha value is -1.48. The van der Waals surface area contributed by atoms with Gasteiger partial charge in [0.25, 0.3) is 0 Å². The fraction of sp³-hybridized carbons (Fsp3) is 0.750. The van der Waals surface area contributed by atoms with Crippen molar-refractivity contribution in [2.24, 2.45) is 0 Å². The average Bonchev–Trinajstić information content (AvgIpc) is 3.42. The maximum absolute atomic E-state index is 12.0. The lowest BCUT2D eigenvalue weighted by Gasteiger charge is -2.24. The van der Waals surface area contributed by atoms with E-state index in [4.69, 9.17) is 17.8 Å². The second-order valence-electron chi connectivity index (χ2n) is 10.1. The number of unbranched alkanes of at least 4 members (excludes halogenated alkanes) is 9. The van der Waals surface area contributed by atoms with E-state index in [0.29, 0.717) is 38.7 Å². The highest BCUT2D eigenvalue weighted by Crippen LogP contribution is 2.31. The lowest BCUT2D eigenvalue weighted by atomic mass is 9.97. The molecule has 4 atom stereocenters. The zero-order valence-corrected chi connectivity index (χ0v) is 22.6. The number of ether oxygens (including phenoxy) is 2. The molecule has 0 bridgehead atoms. The van der Waals surface area contributed by atoms with Crippen LogP contribution in [0.15, 0.2) is 30.3 Å². The quantitative estimate of drug-likeness (QED) is 0.162. The van der Waals surface area contributed by atoms with Crippen LogP contribution in [0.2, 0.25) is 0 Å². The molecule has 0 aromatic heterocycles. The standard InChI is InChI=1S/C28H44O7S/c1-2-3-4-5-6-7-8-9-10-14-17-26-27(35-36(30,31)34-26)19-18-24(25-20-21-28(29)33-25)32-22-23-15-12-11-13-16-23/h11-13,15-16,24-27H,2-10,14,17-22H2,1H3/t24-,25-,26-,27+/m1/s1. The van der Waals surface area contributed by atoms with Crippen molar-refractivity contribution in [1.29, 1.82) is 0 Å². The zero-order valence-electron chi connectivity index (χ0n) is 21.8. The number of hydrogen-bond donors (Lipinski definition) is 0. The molecule has 1 aromatic rings. The summed E-state index contributed by atoms with van der Waals surface area (Å²) in [5, 5.41) is 0. The Morgan fingerprint density at radius 1 is 0.889 bits per heavy atom. The molecule has 1 aromatic carbocycles. The second kappa shape index (κ2) is 15.7. The van der Waals surface area contributed by atoms with Crippen molar-refractivity contribution in [2.75, 3.05) is 0 Å². The topological polar surface area (TPSA) is 88.1 Å². The fourth-order valence-electron chi connectivity index (χ4n) is 5.04. The van der Waals surface area contributed by atoms with Gasteiger partial charge in [0.1, 0.15) is 18.3 Å². The normalized spacial score (nSPS) is 24.1. The van der Waals surface area contributed by atoms with E-state index in [0.717, 1.165) is 18.4 Å². The molecule has 2 heterocycles. The van der Waals surface area contributed by atoms with Crippen molar-refractivity contribution in [2.45, 2.75) is 134 Å². The summed E-state index contributed by atoms with van der Waals surface area (Å²) in [5.74, 6) is -0.213. The van der Waals surface area contributed by atoms with Gasteiger partial charge in [0, 0.05) is 6.42 Å². The zero-order chi connectivity index (χ0) is 25.6. The van der Waals surface area contributed by atoms with Crippen molar-refractivity contribution in [3.8, 4) is 0 Å². The second-order valence-corrected chi connectivity index (χ2v) is 11.3. The smallest absolute Gasteiger partial charge is 0.400 e. The summed E-state index contributed by atoms with van der Waals surface area (Å²) in [4.78, 5) is 11.7. The molecule has 8 heteroatoms. The summed E-state index contributed by atoms with van der Waals surface area (Å²) < 4.78 is 46.3. The third-order valence-corrected chi connectivity index (χ3v) is 8.08. The van der Waals surface area contributed by atoms with E-state index in [1.54, 1.807) is 0 Å². The maximum atomic E-state index is 12.0. The van der Waals surface area contributed by atoms with Gasteiger partial charge in [0.15, 0.2) is 0 Å². The van der Waals surface area contributed by atoms with Gasteiger partial charge in [0.05, 0.1) is 12.7 Å². The highest BCUT2D eigenvalue weighted by atomic mass is 32.3. The number of benzene rings is 1. The van der Waals surface area contributed by atoms with Crippen LogP contribution in [0.5, 0.6) is 0 Å². The van der Waals surface area contributed by atoms with Crippen molar-refractivity contribution >= 4 is 16.4 Å². The molecule has 7 nitrogen and oxygen atoms in total. The highest BCUT2D eigenvalue weighted by Gasteiger charge is 2.41. The van der Waals surface area contributed by atoms with E-state index in [1.165, 1.54) is 51.4 Å². The molecule has 0 spiro atoms. The van der Waals surface area contributed by atoms with Gasteiger partial charge in [0.2, 0.25) is 0 Å². The first kappa shape index (κ1) is 29.1. The fourth-order valence-corrected chi connectivity index (χ4v) is 6.13. The van der Waals surface area contributed by atoms with Crippen molar-refractivity contribution in [1.82, 2.24) is 0 Å². The SMILES string of the molecule is CCCCCCCCCCCC[C@H]1OS(=O)(=O)O[C@H]1CC[C@@H](OCc1ccccc1)[C@H]1CCC(=O)O1. The minimum atomic E-state index is -3.96. The van der Waals surface area contributed by atoms with E-state index >= 15 is 0 Å². The molecule has 0 radical (unpaired) electrons. The minimum absolute atomic E-state index is 0.213. The summed E-state index contributed by atoms with van der Waals surface area (Å²) in [6.45, 7) is 2.64. The van der Waals surface area contributed by atoms with Gasteiger partial charge >= 0.3 is 16.4 Å². The van der Waals surface area contributed by atoms with Crippen LogP contribution in [0, 0.1) is 0 Å². The molecule has 2 aliphatic rings. The van der Waals surface area contributed by atoms with Gasteiger partial charge in [-0.15, -0.1) is 0 Å². The molecule has 0 saturated carbocycles. The number of cyclic esters (lactones) is 1. The largest absolute Gasteiger partial charge is 0.460 e. The summed E-state index contributed by atoms with van der Waals surface area (Å²) in [6.07, 6.45) is 13.3. The molecule has 36 heavy (non-hydrogen) atoms. The monoisotopic (exact) mass is 524 g/mol. The maximum Gasteiger partial charge on any atom is 0.400 e. The van der Waals surface area contributed by atoms with Crippen LogP contribution in [-0.2, 0) is 39.6 Å². The lowest BCUT2D eigenvalue weighted by Crippen LogP contribution is -2.32. The highest BCUT2D eigenvalue weighted by molar-refractivity contribution is 7.82. The molecule has 0 N–H and O–H groups in total. The first-order valence-corrected chi connectivity index (χ1v) is 15.3. The number of rotatable bonds is 18. The molecule has 0 unspecified atom stereocenters. The Morgan fingerprint density at radius 3 is 2.11 bits per heavy atom. The van der Waals surface area contributed by atoms with Crippen LogP contribution in [0.4, 0.5) is 0 Å². The van der Waals surface area contributed by atoms with Crippen LogP contribution in [0.25, 0.3) is 0 Å². The first-order chi connectivity index (χ1) is 17.5. The van der Waals surface area contributed by atoms with Crippen LogP contribution in [-0.4, -0.2) is 38.8 Å². The van der Waals surface area contributed by atoms with Crippen LogP contribution in [0.3, 0.4) is 0 Å². The summed E-state index contributed by atoms with van der Waals surface area (Å²) in [5.41, 5.74) is 1.04. The summed E-state index contributed by atoms with van der Waals surface area (Å²) >= 11 is 0. The Morgan fingerprint density at radius 2 is 1.50 bits per heavy atom. The number of carbonyl (C=O) groups is 1. The predicted molar refractivity (Wildman–Crippen MR) is 138 cm³/mol. The number of esters is 1. The van der Waals surface area contributed by atoms with Crippen molar-refractivity contribution < 1.29 is 31.1 Å². The van der Waals surface area contributed by atoms with Crippen LogP contribution >= 0.6 is 0 Å². The van der Waals surface area contributed by atoms with Crippen molar-refractivity contribution in [3.05, 3.63) is 35.9 Å². The van der Waals surface area contributed by atoms with Crippen molar-refractivity contribution in [3.63, 3.8) is 0 Å². The molecule has 0 aliphatic carbocycles.